The summed E-state index contributed by atoms with van der Waals surface area (Å²) in [6, 6.07) is 55.9. The SMILES string of the molecule is CC1=C(C#N)C(=O)N(C(=O)OCc2ccccc2)C(=O)C1=Nc1nc2c(s1)-c1cc3c(cc1OC2(C(=O)OCc1ccccc1)C(=O)OCc1ccccc1)-c1sc(N=C2C(=O)N(C(=O)OCc4ccccc4)C(=O)C(C#N)=C2C)nc1C(C(=O)OCc1ccccc1)(C(=O)OCc1ccccc1)O3. The molecular weight excluding hydrogens is 1380 g/mol. The lowest BCUT2D eigenvalue weighted by molar-refractivity contribution is -0.185. The molecule has 0 radical (unpaired) electrons. The molecule has 4 aliphatic heterocycles. The molecule has 0 bridgehead atoms. The first-order chi connectivity index (χ1) is 50.4. The van der Waals surface area contributed by atoms with Gasteiger partial charge in [0.15, 0.2) is 0 Å². The van der Waals surface area contributed by atoms with E-state index in [0.717, 1.165) is 0 Å². The number of esters is 4. The fourth-order valence-corrected chi connectivity index (χ4v) is 13.2. The Hall–Kier alpha value is -13.7. The number of fused-ring (bicyclic) bond motifs is 6. The number of thiazole rings is 2. The van der Waals surface area contributed by atoms with E-state index in [-0.39, 0.29) is 53.3 Å². The summed E-state index contributed by atoms with van der Waals surface area (Å²) < 4.78 is 48.3. The highest BCUT2D eigenvalue weighted by molar-refractivity contribution is 7.19. The van der Waals surface area contributed by atoms with E-state index in [1.165, 1.54) is 26.0 Å². The van der Waals surface area contributed by atoms with Crippen LogP contribution in [-0.2, 0) is 118 Å². The molecule has 514 valence electrons. The second-order valence-corrected chi connectivity index (χ2v) is 25.1. The molecule has 0 spiro atoms. The first kappa shape index (κ1) is 68.8. The van der Waals surface area contributed by atoms with E-state index in [2.05, 4.69) is 9.98 Å². The molecule has 28 heteroatoms. The molecule has 26 nitrogen and oxygen atoms in total. The highest BCUT2D eigenvalue weighted by Crippen LogP contribution is 2.58. The van der Waals surface area contributed by atoms with Crippen molar-refractivity contribution in [3.63, 3.8) is 0 Å². The highest BCUT2D eigenvalue weighted by Gasteiger charge is 2.63. The molecule has 9 aromatic rings. The van der Waals surface area contributed by atoms with E-state index in [0.29, 0.717) is 56.1 Å². The number of aliphatic imine (C=N–C) groups is 2. The van der Waals surface area contributed by atoms with Gasteiger partial charge < -0.3 is 37.9 Å². The van der Waals surface area contributed by atoms with Gasteiger partial charge in [-0.3, -0.25) is 19.2 Å². The molecule has 7 aromatic carbocycles. The monoisotopic (exact) mass is 1430 g/mol. The molecule has 4 aliphatic rings. The Kier molecular flexibility index (Phi) is 19.3. The van der Waals surface area contributed by atoms with E-state index in [1.807, 2.05) is 0 Å². The fraction of sp³-hybridized carbons (Fsp3) is 0.132. The van der Waals surface area contributed by atoms with Crippen LogP contribution in [-0.4, -0.2) is 90.9 Å². The van der Waals surface area contributed by atoms with Crippen molar-refractivity contribution in [2.75, 3.05) is 0 Å². The Morgan fingerprint density at radius 3 is 0.933 bits per heavy atom. The van der Waals surface area contributed by atoms with Gasteiger partial charge in [0.2, 0.25) is 10.3 Å². The number of hydrogen-bond acceptors (Lipinski definition) is 26. The lowest BCUT2D eigenvalue weighted by Crippen LogP contribution is -2.53. The van der Waals surface area contributed by atoms with Crippen molar-refractivity contribution >= 4 is 104 Å². The minimum Gasteiger partial charge on any atom is -0.458 e. The van der Waals surface area contributed by atoms with Gasteiger partial charge in [-0.25, -0.2) is 48.7 Å². The van der Waals surface area contributed by atoms with Gasteiger partial charge in [0, 0.05) is 22.3 Å². The third-order valence-corrected chi connectivity index (χ3v) is 18.5. The summed E-state index contributed by atoms with van der Waals surface area (Å²) >= 11 is 1.20. The normalized spacial score (nSPS) is 15.4. The van der Waals surface area contributed by atoms with Gasteiger partial charge in [-0.15, -0.1) is 0 Å². The van der Waals surface area contributed by atoms with E-state index in [4.69, 9.17) is 47.9 Å². The van der Waals surface area contributed by atoms with Crippen LogP contribution in [0.3, 0.4) is 0 Å². The lowest BCUT2D eigenvalue weighted by atomic mass is 9.89. The fourth-order valence-electron chi connectivity index (χ4n) is 11.2. The number of imide groups is 6. The maximum atomic E-state index is 15.6. The Morgan fingerprint density at radius 1 is 0.413 bits per heavy atom. The van der Waals surface area contributed by atoms with Gasteiger partial charge in [-0.1, -0.05) is 205 Å². The molecule has 0 fully saturated rings. The summed E-state index contributed by atoms with van der Waals surface area (Å²) in [5.74, 6) is -11.7. The van der Waals surface area contributed by atoms with E-state index >= 15 is 19.2 Å². The average Bonchev–Trinajstić information content (AvgIpc) is 1.40. The molecule has 0 saturated carbocycles. The van der Waals surface area contributed by atoms with Crippen LogP contribution in [0.25, 0.3) is 20.9 Å². The molecule has 0 N–H and O–H groups in total. The van der Waals surface area contributed by atoms with Gasteiger partial charge in [0.1, 0.15) is 97.2 Å². The number of carbonyl (C=O) groups is 10. The van der Waals surface area contributed by atoms with E-state index < -0.39 is 155 Å². The number of ether oxygens (including phenoxy) is 8. The molecule has 0 aliphatic carbocycles. The summed E-state index contributed by atoms with van der Waals surface area (Å²) in [4.78, 5) is 165. The van der Waals surface area contributed by atoms with Crippen LogP contribution in [0.5, 0.6) is 11.5 Å². The van der Waals surface area contributed by atoms with Crippen LogP contribution < -0.4 is 9.47 Å². The zero-order valence-corrected chi connectivity index (χ0v) is 56.1. The summed E-state index contributed by atoms with van der Waals surface area (Å²) in [5.41, 5.74) is -8.20. The first-order valence-electron chi connectivity index (χ1n) is 31.4. The standard InChI is InChI=1S/C76H50N8O18S2/c1-43-53(35-77)63(85)83(73(93)99-41-49-29-17-7-18-30-49)65(87)57(43)79-71-81-61-59(103-71)51-33-56-52(34-55(51)101-75(61,67(89)95-37-45-21-9-3-10-22-45)68(90)96-38-46-23-11-4-12-24-46)60-62(76(102-56,69(91)97-39-47-25-13-5-14-26-47)70(92)98-40-48-27-15-6-16-28-48)82-72(104-60)80-58-44(2)54(36-78)64(86)84(66(58)88)74(94)100-42-50-31-19-8-20-32-50/h3-34H,37-42H2,1-2H3. The largest absolute Gasteiger partial charge is 0.458 e. The van der Waals surface area contributed by atoms with Gasteiger partial charge in [-0.2, -0.15) is 20.3 Å². The average molecular weight is 1430 g/mol. The Balaban J connectivity index is 1.01. The zero-order valence-electron chi connectivity index (χ0n) is 54.5. The third-order valence-electron chi connectivity index (χ3n) is 16.5. The second kappa shape index (κ2) is 29.2. The second-order valence-electron chi connectivity index (χ2n) is 23.1. The van der Waals surface area contributed by atoms with Gasteiger partial charge in [0.05, 0.1) is 9.75 Å². The molecule has 0 unspecified atom stereocenters. The molecule has 13 rings (SSSR count). The minimum atomic E-state index is -3.11. The van der Waals surface area contributed by atoms with Crippen molar-refractivity contribution in [3.05, 3.63) is 261 Å². The van der Waals surface area contributed by atoms with Crippen LogP contribution in [0.1, 0.15) is 58.6 Å². The minimum absolute atomic E-state index is 0.0936. The predicted octanol–water partition coefficient (Wildman–Crippen LogP) is 11.3. The molecule has 104 heavy (non-hydrogen) atoms. The summed E-state index contributed by atoms with van der Waals surface area (Å²) in [6.07, 6.45) is -2.92. The van der Waals surface area contributed by atoms with E-state index in [9.17, 15) is 39.3 Å². The molecule has 6 heterocycles. The van der Waals surface area contributed by atoms with Crippen molar-refractivity contribution in [3.8, 4) is 44.5 Å². The third kappa shape index (κ3) is 13.1. The molecule has 0 saturated heterocycles. The Morgan fingerprint density at radius 2 is 0.673 bits per heavy atom. The number of nitriles is 2. The van der Waals surface area contributed by atoms with Crippen molar-refractivity contribution in [1.82, 2.24) is 19.8 Å². The number of carbonyl (C=O) groups excluding carboxylic acids is 10. The quantitative estimate of drug-likeness (QED) is 0.0333. The maximum Gasteiger partial charge on any atom is 0.424 e. The van der Waals surface area contributed by atoms with E-state index in [1.54, 1.807) is 194 Å². The number of nitrogens with zero attached hydrogens (tertiary/aromatic N) is 8. The number of hydrogen-bond donors (Lipinski definition) is 0. The van der Waals surface area contributed by atoms with Gasteiger partial charge in [-0.05, 0) is 59.4 Å². The molecule has 0 atom stereocenters. The molecule has 6 amide bonds. The molecular formula is C76H50N8O18S2. The van der Waals surface area contributed by atoms with Gasteiger partial charge in [0.25, 0.3) is 23.6 Å². The number of amides is 6. The van der Waals surface area contributed by atoms with Crippen LogP contribution in [0.15, 0.2) is 226 Å². The Bertz CT molecular complexity index is 4820. The maximum absolute atomic E-state index is 15.6. The highest BCUT2D eigenvalue weighted by atomic mass is 32.1. The zero-order chi connectivity index (χ0) is 72.8. The topological polar surface area (TPSA) is 349 Å². The van der Waals surface area contributed by atoms with Crippen LogP contribution in [0, 0.1) is 22.7 Å². The lowest BCUT2D eigenvalue weighted by Gasteiger charge is -2.36. The summed E-state index contributed by atoms with van der Waals surface area (Å²) in [5, 5.41) is 19.8. The summed E-state index contributed by atoms with van der Waals surface area (Å²) in [7, 11) is 0. The summed E-state index contributed by atoms with van der Waals surface area (Å²) in [6.45, 7) is -0.221. The first-order valence-corrected chi connectivity index (χ1v) is 33.1. The number of aromatic nitrogens is 2. The van der Waals surface area contributed by atoms with Crippen LogP contribution in [0.4, 0.5) is 19.9 Å². The molecule has 2 aromatic heterocycles. The Labute approximate surface area is 597 Å². The van der Waals surface area contributed by atoms with Crippen molar-refractivity contribution in [2.24, 2.45) is 9.98 Å². The van der Waals surface area contributed by atoms with Crippen LogP contribution >= 0.6 is 22.7 Å². The van der Waals surface area contributed by atoms with Crippen LogP contribution in [0.2, 0.25) is 0 Å². The number of rotatable bonds is 18. The predicted molar refractivity (Wildman–Crippen MR) is 366 cm³/mol. The smallest absolute Gasteiger partial charge is 0.424 e. The van der Waals surface area contributed by atoms with Crippen molar-refractivity contribution < 1.29 is 85.8 Å². The number of benzene rings is 7. The van der Waals surface area contributed by atoms with Gasteiger partial charge >= 0.3 is 47.3 Å². The van der Waals surface area contributed by atoms with Crippen molar-refractivity contribution in [2.45, 2.75) is 64.7 Å². The van der Waals surface area contributed by atoms with Crippen molar-refractivity contribution in [1.29, 1.82) is 10.5 Å².